The van der Waals surface area contributed by atoms with Gasteiger partial charge in [-0.15, -0.1) is 10.2 Å². The van der Waals surface area contributed by atoms with Crippen LogP contribution in [0.5, 0.6) is 0 Å². The molecule has 0 saturated carbocycles. The van der Waals surface area contributed by atoms with E-state index in [4.69, 9.17) is 18.0 Å². The zero-order chi connectivity index (χ0) is 15.3. The Morgan fingerprint density at radius 3 is 2.65 bits per heavy atom. The minimum absolute atomic E-state index is 0.125. The van der Waals surface area contributed by atoms with Crippen LogP contribution >= 0.6 is 23.6 Å². The lowest BCUT2D eigenvalue weighted by molar-refractivity contribution is -0.114. The third-order valence-electron chi connectivity index (χ3n) is 2.18. The van der Waals surface area contributed by atoms with Gasteiger partial charge in [0.2, 0.25) is 15.4 Å². The molecule has 1 aromatic heterocycles. The van der Waals surface area contributed by atoms with Crippen LogP contribution in [0.3, 0.4) is 0 Å². The minimum Gasteiger partial charge on any atom is -0.393 e. The van der Waals surface area contributed by atoms with Crippen LogP contribution in [0.15, 0.2) is 4.34 Å². The predicted molar refractivity (Wildman–Crippen MR) is 80.0 cm³/mol. The van der Waals surface area contributed by atoms with Gasteiger partial charge in [-0.05, 0) is 6.42 Å². The number of hydrogen-bond donors (Lipinski definition) is 3. The number of nitrogens with one attached hydrogen (secondary N) is 2. The van der Waals surface area contributed by atoms with Crippen molar-refractivity contribution in [1.82, 2.24) is 14.9 Å². The second kappa shape index (κ2) is 7.02. The lowest BCUT2D eigenvalue weighted by Crippen LogP contribution is -2.37. The van der Waals surface area contributed by atoms with Gasteiger partial charge in [-0.2, -0.15) is 0 Å². The number of amides is 1. The number of sulfonamides is 1. The van der Waals surface area contributed by atoms with E-state index < -0.39 is 16.1 Å². The molecule has 11 heteroatoms. The van der Waals surface area contributed by atoms with Crippen LogP contribution in [-0.2, 0) is 14.8 Å². The molecule has 4 N–H and O–H groups in total. The SMILES string of the molecule is CCC(CC(N)=S)NS(=O)(=O)c1nnc(NC(C)=O)s1. The fourth-order valence-corrected chi connectivity index (χ4v) is 3.78. The fraction of sp³-hybridized carbons (Fsp3) is 0.556. The number of nitrogens with two attached hydrogens (primary N) is 1. The molecule has 0 aliphatic heterocycles. The maximum absolute atomic E-state index is 12.1. The van der Waals surface area contributed by atoms with Crippen LogP contribution in [0.25, 0.3) is 0 Å². The van der Waals surface area contributed by atoms with Crippen molar-refractivity contribution in [1.29, 1.82) is 0 Å². The van der Waals surface area contributed by atoms with Gasteiger partial charge in [-0.3, -0.25) is 4.79 Å². The van der Waals surface area contributed by atoms with Crippen LogP contribution in [0.4, 0.5) is 5.13 Å². The molecule has 1 atom stereocenters. The van der Waals surface area contributed by atoms with Gasteiger partial charge in [-0.25, -0.2) is 13.1 Å². The number of anilines is 1. The Morgan fingerprint density at radius 1 is 1.50 bits per heavy atom. The number of aromatic nitrogens is 2. The summed E-state index contributed by atoms with van der Waals surface area (Å²) in [6.07, 6.45) is 0.802. The van der Waals surface area contributed by atoms with E-state index in [9.17, 15) is 13.2 Å². The van der Waals surface area contributed by atoms with Crippen LogP contribution < -0.4 is 15.8 Å². The molecule has 0 fully saturated rings. The summed E-state index contributed by atoms with van der Waals surface area (Å²) in [7, 11) is -3.80. The monoisotopic (exact) mass is 337 g/mol. The first-order chi connectivity index (χ1) is 9.24. The van der Waals surface area contributed by atoms with Crippen molar-refractivity contribution in [3.63, 3.8) is 0 Å². The normalized spacial score (nSPS) is 12.9. The van der Waals surface area contributed by atoms with E-state index in [-0.39, 0.29) is 26.8 Å². The molecule has 8 nitrogen and oxygen atoms in total. The highest BCUT2D eigenvalue weighted by molar-refractivity contribution is 7.91. The van der Waals surface area contributed by atoms with Crippen molar-refractivity contribution in [2.75, 3.05) is 5.32 Å². The molecular formula is C9H15N5O3S3. The predicted octanol–water partition coefficient (Wildman–Crippen LogP) is 0.230. The largest absolute Gasteiger partial charge is 0.393 e. The summed E-state index contributed by atoms with van der Waals surface area (Å²) in [4.78, 5) is 11.1. The van der Waals surface area contributed by atoms with Crippen molar-refractivity contribution >= 4 is 49.6 Å². The number of carbonyl (C=O) groups is 1. The topological polar surface area (TPSA) is 127 Å². The van der Waals surface area contributed by atoms with E-state index >= 15 is 0 Å². The molecule has 0 saturated heterocycles. The van der Waals surface area contributed by atoms with E-state index in [1.165, 1.54) is 6.92 Å². The average molecular weight is 337 g/mol. The second-order valence-corrected chi connectivity index (χ2v) is 7.34. The van der Waals surface area contributed by atoms with Gasteiger partial charge < -0.3 is 11.1 Å². The highest BCUT2D eigenvalue weighted by Gasteiger charge is 2.24. The fourth-order valence-electron chi connectivity index (χ4n) is 1.30. The smallest absolute Gasteiger partial charge is 0.270 e. The zero-order valence-electron chi connectivity index (χ0n) is 10.9. The lowest BCUT2D eigenvalue weighted by Gasteiger charge is -2.14. The zero-order valence-corrected chi connectivity index (χ0v) is 13.4. The van der Waals surface area contributed by atoms with Crippen molar-refractivity contribution in [2.24, 2.45) is 5.73 Å². The summed E-state index contributed by atoms with van der Waals surface area (Å²) < 4.78 is 26.4. The molecular weight excluding hydrogens is 322 g/mol. The van der Waals surface area contributed by atoms with Crippen molar-refractivity contribution in [3.05, 3.63) is 0 Å². The van der Waals surface area contributed by atoms with Crippen LogP contribution in [0.2, 0.25) is 0 Å². The van der Waals surface area contributed by atoms with E-state index in [1.807, 2.05) is 6.92 Å². The summed E-state index contributed by atoms with van der Waals surface area (Å²) >= 11 is 5.54. The quantitative estimate of drug-likeness (QED) is 0.480. The Labute approximate surface area is 126 Å². The molecule has 1 unspecified atom stereocenters. The Bertz CT molecular complexity index is 598. The van der Waals surface area contributed by atoms with E-state index in [1.54, 1.807) is 0 Å². The standard InChI is InChI=1S/C9H15N5O3S3/c1-3-6(4-7(10)18)14-20(16,17)9-13-12-8(19-9)11-5(2)15/h6,14H,3-4H2,1-2H3,(H2,10,18)(H,11,12,15). The highest BCUT2D eigenvalue weighted by Crippen LogP contribution is 2.20. The Morgan fingerprint density at radius 2 is 2.15 bits per heavy atom. The first kappa shape index (κ1) is 16.9. The summed E-state index contributed by atoms with van der Waals surface area (Å²) in [6, 6.07) is -0.398. The summed E-state index contributed by atoms with van der Waals surface area (Å²) in [6.45, 7) is 3.11. The Balaban J connectivity index is 2.84. The van der Waals surface area contributed by atoms with Crippen LogP contribution in [-0.4, -0.2) is 35.6 Å². The Hall–Kier alpha value is -1.17. The third kappa shape index (κ3) is 5.07. The molecule has 1 aromatic rings. The van der Waals surface area contributed by atoms with E-state index in [2.05, 4.69) is 20.2 Å². The average Bonchev–Trinajstić information content (AvgIpc) is 2.75. The molecule has 0 spiro atoms. The lowest BCUT2D eigenvalue weighted by atomic mass is 10.2. The molecule has 1 heterocycles. The van der Waals surface area contributed by atoms with Gasteiger partial charge in [0.1, 0.15) is 0 Å². The molecule has 1 rings (SSSR count). The Kier molecular flexibility index (Phi) is 5.92. The van der Waals surface area contributed by atoms with Crippen molar-refractivity contribution in [3.8, 4) is 0 Å². The molecule has 1 amide bonds. The van der Waals surface area contributed by atoms with Gasteiger partial charge in [-0.1, -0.05) is 30.5 Å². The van der Waals surface area contributed by atoms with Gasteiger partial charge in [0.15, 0.2) is 0 Å². The van der Waals surface area contributed by atoms with E-state index in [0.717, 1.165) is 11.3 Å². The number of nitrogens with zero attached hydrogens (tertiary/aromatic N) is 2. The number of carbonyl (C=O) groups excluding carboxylic acids is 1. The summed E-state index contributed by atoms with van der Waals surface area (Å²) in [5, 5.41) is 9.63. The van der Waals surface area contributed by atoms with Gasteiger partial charge in [0.25, 0.3) is 10.0 Å². The number of hydrogen-bond acceptors (Lipinski definition) is 7. The van der Waals surface area contributed by atoms with Gasteiger partial charge in [0, 0.05) is 19.4 Å². The summed E-state index contributed by atoms with van der Waals surface area (Å²) in [5.74, 6) is -0.349. The van der Waals surface area contributed by atoms with E-state index in [0.29, 0.717) is 6.42 Å². The van der Waals surface area contributed by atoms with Crippen molar-refractivity contribution < 1.29 is 13.2 Å². The maximum Gasteiger partial charge on any atom is 0.270 e. The van der Waals surface area contributed by atoms with Gasteiger partial charge in [0.05, 0.1) is 4.99 Å². The van der Waals surface area contributed by atoms with Crippen molar-refractivity contribution in [2.45, 2.75) is 37.1 Å². The molecule has 0 aromatic carbocycles. The number of thiocarbonyl (C=S) groups is 1. The minimum atomic E-state index is -3.80. The first-order valence-electron chi connectivity index (χ1n) is 5.66. The van der Waals surface area contributed by atoms with Gasteiger partial charge >= 0.3 is 0 Å². The molecule has 0 aliphatic rings. The molecule has 0 aliphatic carbocycles. The third-order valence-corrected chi connectivity index (χ3v) is 5.07. The summed E-state index contributed by atoms with van der Waals surface area (Å²) in [5.41, 5.74) is 5.41. The molecule has 0 bridgehead atoms. The number of rotatable bonds is 7. The first-order valence-corrected chi connectivity index (χ1v) is 8.37. The van der Waals surface area contributed by atoms with Crippen LogP contribution in [0.1, 0.15) is 26.7 Å². The highest BCUT2D eigenvalue weighted by atomic mass is 32.2. The maximum atomic E-state index is 12.1. The molecule has 20 heavy (non-hydrogen) atoms. The second-order valence-electron chi connectivity index (χ2n) is 3.95. The molecule has 112 valence electrons. The molecule has 0 radical (unpaired) electrons. The van der Waals surface area contributed by atoms with Crippen LogP contribution in [0, 0.1) is 0 Å².